The van der Waals surface area contributed by atoms with Crippen LogP contribution in [0.2, 0.25) is 5.02 Å². The van der Waals surface area contributed by atoms with Gasteiger partial charge in [-0.2, -0.15) is 0 Å². The number of para-hydroxylation sites is 2. The van der Waals surface area contributed by atoms with E-state index < -0.39 is 0 Å². The first kappa shape index (κ1) is 18.3. The fourth-order valence-electron chi connectivity index (χ4n) is 2.93. The molecule has 1 amide bonds. The lowest BCUT2D eigenvalue weighted by Crippen LogP contribution is -2.20. The number of fused-ring (bicyclic) bond motifs is 1. The molecule has 0 aliphatic rings. The van der Waals surface area contributed by atoms with Gasteiger partial charge in [0.25, 0.3) is 0 Å². The molecule has 0 fully saturated rings. The molecule has 3 rings (SSSR count). The molecule has 2 aromatic carbocycles. The minimum atomic E-state index is -0.134. The van der Waals surface area contributed by atoms with E-state index in [0.717, 1.165) is 42.0 Å². The van der Waals surface area contributed by atoms with Crippen LogP contribution in [0, 0.1) is 0 Å². The maximum atomic E-state index is 10.8. The van der Waals surface area contributed by atoms with Crippen LogP contribution in [0.1, 0.15) is 31.6 Å². The molecule has 136 valence electrons. The monoisotopic (exact) mass is 371 g/mol. The molecule has 0 unspecified atom stereocenters. The van der Waals surface area contributed by atoms with Crippen LogP contribution in [0.25, 0.3) is 11.0 Å². The lowest BCUT2D eigenvalue weighted by atomic mass is 10.2. The molecule has 0 saturated carbocycles. The number of imidazole rings is 1. The standard InChI is InChI=1S/C20H22ClN3O2/c1-15(22-14-25)20-23-18-6-2-3-7-19(18)24(20)12-4-5-13-26-17-10-8-16(21)9-11-17/h2-3,6-11,14-15H,4-5,12-13H2,1H3,(H,22,25)/t15-/m1/s1. The number of aryl methyl sites for hydroxylation is 1. The highest BCUT2D eigenvalue weighted by Gasteiger charge is 2.15. The van der Waals surface area contributed by atoms with Crippen molar-refractivity contribution < 1.29 is 9.53 Å². The van der Waals surface area contributed by atoms with Crippen LogP contribution in [0.5, 0.6) is 5.75 Å². The molecule has 1 aromatic heterocycles. The topological polar surface area (TPSA) is 56.2 Å². The predicted octanol–water partition coefficient (Wildman–Crippen LogP) is 4.36. The van der Waals surface area contributed by atoms with Crippen LogP contribution in [-0.2, 0) is 11.3 Å². The normalized spacial score (nSPS) is 12.1. The van der Waals surface area contributed by atoms with Crippen molar-refractivity contribution in [2.24, 2.45) is 0 Å². The van der Waals surface area contributed by atoms with Crippen molar-refractivity contribution in [3.8, 4) is 5.75 Å². The van der Waals surface area contributed by atoms with Crippen LogP contribution in [0.15, 0.2) is 48.5 Å². The summed E-state index contributed by atoms with van der Waals surface area (Å²) in [6, 6.07) is 15.3. The summed E-state index contributed by atoms with van der Waals surface area (Å²) in [6.45, 7) is 3.41. The maximum absolute atomic E-state index is 10.8. The van der Waals surface area contributed by atoms with Gasteiger partial charge < -0.3 is 14.6 Å². The quantitative estimate of drug-likeness (QED) is 0.449. The van der Waals surface area contributed by atoms with Gasteiger partial charge in [0, 0.05) is 11.6 Å². The molecule has 1 heterocycles. The third-order valence-corrected chi connectivity index (χ3v) is 4.50. The summed E-state index contributed by atoms with van der Waals surface area (Å²) in [5, 5.41) is 3.50. The zero-order chi connectivity index (χ0) is 18.4. The van der Waals surface area contributed by atoms with Gasteiger partial charge in [-0.3, -0.25) is 4.79 Å². The highest BCUT2D eigenvalue weighted by Crippen LogP contribution is 2.21. The summed E-state index contributed by atoms with van der Waals surface area (Å²) in [5.41, 5.74) is 2.03. The second-order valence-electron chi connectivity index (χ2n) is 6.13. The summed E-state index contributed by atoms with van der Waals surface area (Å²) in [7, 11) is 0. The van der Waals surface area contributed by atoms with Gasteiger partial charge in [0.1, 0.15) is 11.6 Å². The molecule has 5 nitrogen and oxygen atoms in total. The first-order valence-corrected chi connectivity index (χ1v) is 9.10. The minimum absolute atomic E-state index is 0.134. The number of nitrogens with zero attached hydrogens (tertiary/aromatic N) is 2. The summed E-state index contributed by atoms with van der Waals surface area (Å²) in [5.74, 6) is 1.70. The van der Waals surface area contributed by atoms with Crippen molar-refractivity contribution in [3.05, 3.63) is 59.4 Å². The second-order valence-corrected chi connectivity index (χ2v) is 6.56. The van der Waals surface area contributed by atoms with Gasteiger partial charge in [-0.15, -0.1) is 0 Å². The minimum Gasteiger partial charge on any atom is -0.494 e. The van der Waals surface area contributed by atoms with E-state index in [1.54, 1.807) is 0 Å². The molecule has 1 atom stereocenters. The highest BCUT2D eigenvalue weighted by atomic mass is 35.5. The molecule has 0 bridgehead atoms. The zero-order valence-corrected chi connectivity index (χ0v) is 15.4. The van der Waals surface area contributed by atoms with Crippen molar-refractivity contribution >= 4 is 29.0 Å². The molecule has 3 aromatic rings. The summed E-state index contributed by atoms with van der Waals surface area (Å²) in [6.07, 6.45) is 2.59. The molecule has 0 aliphatic heterocycles. The fourth-order valence-corrected chi connectivity index (χ4v) is 3.06. The van der Waals surface area contributed by atoms with Gasteiger partial charge in [-0.05, 0) is 56.2 Å². The molecule has 6 heteroatoms. The molecular weight excluding hydrogens is 350 g/mol. The first-order valence-electron chi connectivity index (χ1n) is 8.72. The Bertz CT molecular complexity index is 861. The van der Waals surface area contributed by atoms with E-state index in [0.29, 0.717) is 18.0 Å². The van der Waals surface area contributed by atoms with E-state index in [1.165, 1.54) is 0 Å². The van der Waals surface area contributed by atoms with Crippen molar-refractivity contribution in [3.63, 3.8) is 0 Å². The van der Waals surface area contributed by atoms with E-state index in [-0.39, 0.29) is 6.04 Å². The van der Waals surface area contributed by atoms with E-state index >= 15 is 0 Å². The molecule has 0 radical (unpaired) electrons. The van der Waals surface area contributed by atoms with Gasteiger partial charge in [0.15, 0.2) is 0 Å². The Morgan fingerprint density at radius 1 is 1.19 bits per heavy atom. The number of carbonyl (C=O) groups excluding carboxylic acids is 1. The zero-order valence-electron chi connectivity index (χ0n) is 14.7. The fraction of sp³-hybridized carbons (Fsp3) is 0.300. The Hall–Kier alpha value is -2.53. The van der Waals surface area contributed by atoms with Crippen LogP contribution < -0.4 is 10.1 Å². The third kappa shape index (κ3) is 4.35. The lowest BCUT2D eigenvalue weighted by molar-refractivity contribution is -0.110. The van der Waals surface area contributed by atoms with Gasteiger partial charge in [-0.1, -0.05) is 23.7 Å². The van der Waals surface area contributed by atoms with Crippen LogP contribution in [0.3, 0.4) is 0 Å². The van der Waals surface area contributed by atoms with E-state index in [1.807, 2.05) is 49.4 Å². The summed E-state index contributed by atoms with van der Waals surface area (Å²) in [4.78, 5) is 15.5. The number of benzene rings is 2. The average molecular weight is 372 g/mol. The van der Waals surface area contributed by atoms with Gasteiger partial charge in [0.2, 0.25) is 6.41 Å². The van der Waals surface area contributed by atoms with Gasteiger partial charge in [-0.25, -0.2) is 4.98 Å². The van der Waals surface area contributed by atoms with Crippen LogP contribution in [0.4, 0.5) is 0 Å². The number of nitrogens with one attached hydrogen (secondary N) is 1. The molecule has 0 aliphatic carbocycles. The SMILES string of the molecule is C[C@@H](NC=O)c1nc2ccccc2n1CCCCOc1ccc(Cl)cc1. The third-order valence-electron chi connectivity index (χ3n) is 4.25. The Kier molecular flexibility index (Phi) is 6.12. The van der Waals surface area contributed by atoms with Gasteiger partial charge in [0.05, 0.1) is 23.7 Å². The Morgan fingerprint density at radius 2 is 1.96 bits per heavy atom. The van der Waals surface area contributed by atoms with Crippen LogP contribution in [-0.4, -0.2) is 22.6 Å². The first-order chi connectivity index (χ1) is 12.7. The molecular formula is C20H22ClN3O2. The molecule has 1 N–H and O–H groups in total. The van der Waals surface area contributed by atoms with Crippen LogP contribution >= 0.6 is 11.6 Å². The lowest BCUT2D eigenvalue weighted by Gasteiger charge is -2.14. The van der Waals surface area contributed by atoms with E-state index in [9.17, 15) is 4.79 Å². The Balaban J connectivity index is 1.61. The summed E-state index contributed by atoms with van der Waals surface area (Å²) >= 11 is 5.87. The number of amides is 1. The number of hydrogen-bond donors (Lipinski definition) is 1. The number of aromatic nitrogens is 2. The number of ether oxygens (including phenoxy) is 1. The smallest absolute Gasteiger partial charge is 0.207 e. The predicted molar refractivity (Wildman–Crippen MR) is 104 cm³/mol. The number of halogens is 1. The Morgan fingerprint density at radius 3 is 2.73 bits per heavy atom. The highest BCUT2D eigenvalue weighted by molar-refractivity contribution is 6.30. The Labute approximate surface area is 157 Å². The summed E-state index contributed by atoms with van der Waals surface area (Å²) < 4.78 is 7.92. The molecule has 26 heavy (non-hydrogen) atoms. The number of unbranched alkanes of at least 4 members (excludes halogenated alkanes) is 1. The number of hydrogen-bond acceptors (Lipinski definition) is 3. The van der Waals surface area contributed by atoms with E-state index in [4.69, 9.17) is 16.3 Å². The molecule has 0 saturated heterocycles. The van der Waals surface area contributed by atoms with Crippen molar-refractivity contribution in [1.82, 2.24) is 14.9 Å². The molecule has 0 spiro atoms. The maximum Gasteiger partial charge on any atom is 0.207 e. The average Bonchev–Trinajstić information content (AvgIpc) is 3.02. The van der Waals surface area contributed by atoms with Gasteiger partial charge >= 0.3 is 0 Å². The second kappa shape index (κ2) is 8.72. The van der Waals surface area contributed by atoms with Crippen molar-refractivity contribution in [2.75, 3.05) is 6.61 Å². The number of carbonyl (C=O) groups is 1. The number of rotatable bonds is 9. The van der Waals surface area contributed by atoms with Crippen molar-refractivity contribution in [1.29, 1.82) is 0 Å². The van der Waals surface area contributed by atoms with E-state index in [2.05, 4.69) is 20.9 Å². The largest absolute Gasteiger partial charge is 0.494 e. The van der Waals surface area contributed by atoms with Crippen molar-refractivity contribution in [2.45, 2.75) is 32.4 Å².